The topological polar surface area (TPSA) is 72.5 Å². The number of rotatable bonds is 9. The number of allylic oxidation sites excluding steroid dienone is 1. The third kappa shape index (κ3) is 7.23. The summed E-state index contributed by atoms with van der Waals surface area (Å²) >= 11 is 11.9. The van der Waals surface area contributed by atoms with Gasteiger partial charge in [-0.3, -0.25) is 4.79 Å². The van der Waals surface area contributed by atoms with Crippen molar-refractivity contribution in [1.29, 1.82) is 0 Å². The zero-order valence-electron chi connectivity index (χ0n) is 20.7. The summed E-state index contributed by atoms with van der Waals surface area (Å²) in [5.74, 6) is -0.0767. The average molecular weight is 559 g/mol. The van der Waals surface area contributed by atoms with Gasteiger partial charge >= 0.3 is 0 Å². The van der Waals surface area contributed by atoms with Crippen LogP contribution in [0.5, 0.6) is 0 Å². The Bertz CT molecular complexity index is 1420. The van der Waals surface area contributed by atoms with E-state index in [2.05, 4.69) is 55.0 Å². The molecule has 1 aliphatic carbocycles. The van der Waals surface area contributed by atoms with Gasteiger partial charge in [-0.2, -0.15) is 0 Å². The molecule has 0 fully saturated rings. The standard InChI is InChI=1S/C29H29Cl2NO4S/c1-19(2)4-3-5-20-6-8-21(9-7-20)18-36-26-15-22-10-11-23(14-24(22)16-26)29(33)32-37(34,35)28-13-12-25(30)17-27(28)31/h3,5-14,17,19,26H,4,15-16,18H2,1-2H3,(H,32,33)/b5-3+. The van der Waals surface area contributed by atoms with Crippen molar-refractivity contribution in [2.75, 3.05) is 0 Å². The molecule has 1 unspecified atom stereocenters. The van der Waals surface area contributed by atoms with E-state index in [-0.39, 0.29) is 21.6 Å². The summed E-state index contributed by atoms with van der Waals surface area (Å²) in [6.07, 6.45) is 6.79. The van der Waals surface area contributed by atoms with Crippen molar-refractivity contribution in [3.8, 4) is 0 Å². The Morgan fingerprint density at radius 2 is 1.76 bits per heavy atom. The molecule has 0 radical (unpaired) electrons. The van der Waals surface area contributed by atoms with Crippen LogP contribution < -0.4 is 4.72 Å². The van der Waals surface area contributed by atoms with Crippen molar-refractivity contribution in [2.24, 2.45) is 5.92 Å². The molecule has 0 spiro atoms. The van der Waals surface area contributed by atoms with Crippen LogP contribution in [0.2, 0.25) is 10.0 Å². The van der Waals surface area contributed by atoms with Crippen LogP contribution in [0.1, 0.15) is 52.9 Å². The van der Waals surface area contributed by atoms with E-state index in [9.17, 15) is 13.2 Å². The summed E-state index contributed by atoms with van der Waals surface area (Å²) in [5, 5.41) is 0.246. The fourth-order valence-electron chi connectivity index (χ4n) is 4.18. The van der Waals surface area contributed by atoms with Crippen LogP contribution in [-0.2, 0) is 34.2 Å². The SMILES string of the molecule is CC(C)C/C=C/c1ccc(COC2Cc3ccc(C(=O)NS(=O)(=O)c4ccc(Cl)cc4Cl)cc3C2)cc1. The van der Waals surface area contributed by atoms with Crippen molar-refractivity contribution >= 4 is 45.2 Å². The van der Waals surface area contributed by atoms with E-state index in [4.69, 9.17) is 27.9 Å². The van der Waals surface area contributed by atoms with Gasteiger partial charge in [0, 0.05) is 10.6 Å². The van der Waals surface area contributed by atoms with Gasteiger partial charge in [0.15, 0.2) is 0 Å². The molecule has 1 amide bonds. The number of halogens is 2. The summed E-state index contributed by atoms with van der Waals surface area (Å²) in [4.78, 5) is 12.5. The van der Waals surface area contributed by atoms with E-state index < -0.39 is 15.9 Å². The normalized spacial score (nSPS) is 15.3. The highest BCUT2D eigenvalue weighted by atomic mass is 35.5. The molecule has 1 atom stereocenters. The van der Waals surface area contributed by atoms with Gasteiger partial charge in [-0.25, -0.2) is 13.1 Å². The van der Waals surface area contributed by atoms with Crippen molar-refractivity contribution in [3.05, 3.63) is 105 Å². The number of carbonyl (C=O) groups excluding carboxylic acids is 1. The van der Waals surface area contributed by atoms with Crippen molar-refractivity contribution in [1.82, 2.24) is 4.72 Å². The van der Waals surface area contributed by atoms with Crippen LogP contribution in [0.25, 0.3) is 6.08 Å². The van der Waals surface area contributed by atoms with Crippen LogP contribution in [-0.4, -0.2) is 20.4 Å². The van der Waals surface area contributed by atoms with Crippen LogP contribution in [0.15, 0.2) is 71.6 Å². The first kappa shape index (κ1) is 27.4. The van der Waals surface area contributed by atoms with Gasteiger partial charge in [-0.1, -0.05) is 79.5 Å². The lowest BCUT2D eigenvalue weighted by Crippen LogP contribution is -2.30. The van der Waals surface area contributed by atoms with Crippen molar-refractivity contribution in [3.63, 3.8) is 0 Å². The lowest BCUT2D eigenvalue weighted by atomic mass is 10.1. The summed E-state index contributed by atoms with van der Waals surface area (Å²) < 4.78 is 33.6. The number of ether oxygens (including phenoxy) is 1. The zero-order valence-corrected chi connectivity index (χ0v) is 23.0. The van der Waals surface area contributed by atoms with Gasteiger partial charge in [0.2, 0.25) is 0 Å². The van der Waals surface area contributed by atoms with E-state index in [1.807, 2.05) is 6.07 Å². The van der Waals surface area contributed by atoms with E-state index in [0.29, 0.717) is 24.0 Å². The van der Waals surface area contributed by atoms with Gasteiger partial charge in [-0.15, -0.1) is 0 Å². The molecule has 0 aromatic heterocycles. The Morgan fingerprint density at radius 3 is 2.46 bits per heavy atom. The minimum atomic E-state index is -4.15. The second-order valence-corrected chi connectivity index (χ2v) is 12.1. The van der Waals surface area contributed by atoms with E-state index in [1.165, 1.54) is 23.8 Å². The molecule has 4 rings (SSSR count). The summed E-state index contributed by atoms with van der Waals surface area (Å²) in [6, 6.07) is 17.5. The largest absolute Gasteiger partial charge is 0.373 e. The Morgan fingerprint density at radius 1 is 1.03 bits per heavy atom. The Labute approximate surface area is 228 Å². The molecule has 0 heterocycles. The van der Waals surface area contributed by atoms with E-state index >= 15 is 0 Å². The molecule has 37 heavy (non-hydrogen) atoms. The third-order valence-electron chi connectivity index (χ3n) is 6.16. The summed E-state index contributed by atoms with van der Waals surface area (Å²) in [7, 11) is -4.15. The fourth-order valence-corrected chi connectivity index (χ4v) is 5.93. The molecule has 5 nitrogen and oxygen atoms in total. The average Bonchev–Trinajstić information content (AvgIpc) is 3.25. The quantitative estimate of drug-likeness (QED) is 0.312. The van der Waals surface area contributed by atoms with Crippen LogP contribution in [0.4, 0.5) is 0 Å². The van der Waals surface area contributed by atoms with Crippen molar-refractivity contribution < 1.29 is 17.9 Å². The number of sulfonamides is 1. The highest BCUT2D eigenvalue weighted by molar-refractivity contribution is 7.90. The molecule has 0 aliphatic heterocycles. The smallest absolute Gasteiger partial charge is 0.265 e. The zero-order chi connectivity index (χ0) is 26.6. The van der Waals surface area contributed by atoms with Gasteiger partial charge in [0.1, 0.15) is 4.90 Å². The summed E-state index contributed by atoms with van der Waals surface area (Å²) in [6.45, 7) is 4.90. The first-order valence-corrected chi connectivity index (χ1v) is 14.4. The monoisotopic (exact) mass is 557 g/mol. The molecular formula is C29H29Cl2NO4S. The van der Waals surface area contributed by atoms with Gasteiger partial charge in [0.05, 0.1) is 17.7 Å². The van der Waals surface area contributed by atoms with Crippen molar-refractivity contribution in [2.45, 2.75) is 50.7 Å². The second kappa shape index (κ2) is 11.8. The molecule has 194 valence electrons. The molecule has 1 N–H and O–H groups in total. The van der Waals surface area contributed by atoms with E-state index in [1.54, 1.807) is 12.1 Å². The molecule has 0 bridgehead atoms. The molecule has 8 heteroatoms. The predicted octanol–water partition coefficient (Wildman–Crippen LogP) is 6.86. The fraction of sp³-hybridized carbons (Fsp3) is 0.276. The molecular weight excluding hydrogens is 529 g/mol. The highest BCUT2D eigenvalue weighted by Gasteiger charge is 2.25. The number of hydrogen-bond donors (Lipinski definition) is 1. The molecule has 0 saturated carbocycles. The Kier molecular flexibility index (Phi) is 8.75. The Balaban J connectivity index is 1.34. The number of fused-ring (bicyclic) bond motifs is 1. The first-order chi connectivity index (χ1) is 17.6. The molecule has 0 saturated heterocycles. The minimum Gasteiger partial charge on any atom is -0.373 e. The number of hydrogen-bond acceptors (Lipinski definition) is 4. The summed E-state index contributed by atoms with van der Waals surface area (Å²) in [5.41, 5.74) is 4.60. The third-order valence-corrected chi connectivity index (χ3v) is 8.21. The maximum absolute atomic E-state index is 12.7. The van der Waals surface area contributed by atoms with Gasteiger partial charge in [0.25, 0.3) is 15.9 Å². The number of amides is 1. The van der Waals surface area contributed by atoms with Gasteiger partial charge in [-0.05, 0) is 77.8 Å². The number of nitrogens with one attached hydrogen (secondary N) is 1. The van der Waals surface area contributed by atoms with Crippen LogP contribution >= 0.6 is 23.2 Å². The number of benzene rings is 3. The minimum absolute atomic E-state index is 0.00414. The van der Waals surface area contributed by atoms with Gasteiger partial charge < -0.3 is 4.74 Å². The molecule has 3 aromatic carbocycles. The van der Waals surface area contributed by atoms with E-state index in [0.717, 1.165) is 29.5 Å². The first-order valence-electron chi connectivity index (χ1n) is 12.1. The molecule has 3 aromatic rings. The maximum atomic E-state index is 12.7. The second-order valence-electron chi connectivity index (χ2n) is 9.61. The van der Waals surface area contributed by atoms with Crippen LogP contribution in [0, 0.1) is 5.92 Å². The molecule has 1 aliphatic rings. The van der Waals surface area contributed by atoms with Crippen LogP contribution in [0.3, 0.4) is 0 Å². The highest BCUT2D eigenvalue weighted by Crippen LogP contribution is 2.28. The lowest BCUT2D eigenvalue weighted by Gasteiger charge is -2.11. The predicted molar refractivity (Wildman–Crippen MR) is 148 cm³/mol. The lowest BCUT2D eigenvalue weighted by molar-refractivity contribution is 0.0479. The maximum Gasteiger partial charge on any atom is 0.265 e. The Hall–Kier alpha value is -2.64. The number of carbonyl (C=O) groups is 1.